The maximum Gasteiger partial charge on any atom is 0.168 e. The van der Waals surface area contributed by atoms with Gasteiger partial charge in [0.05, 0.1) is 16.3 Å². The predicted molar refractivity (Wildman–Crippen MR) is 61.4 cm³/mol. The molecule has 6 heteroatoms. The van der Waals surface area contributed by atoms with Gasteiger partial charge in [-0.3, -0.25) is 4.68 Å². The number of nitrogens with two attached hydrogens (primary N) is 1. The van der Waals surface area contributed by atoms with Crippen molar-refractivity contribution in [2.24, 2.45) is 7.05 Å². The van der Waals surface area contributed by atoms with Crippen molar-refractivity contribution >= 4 is 17.4 Å². The lowest BCUT2D eigenvalue weighted by atomic mass is 10.1. The van der Waals surface area contributed by atoms with Gasteiger partial charge in [0.2, 0.25) is 0 Å². The molecule has 0 aliphatic carbocycles. The topological polar surface area (TPSA) is 84.3 Å². The molecule has 0 spiro atoms. The molecule has 0 radical (unpaired) electrons. The summed E-state index contributed by atoms with van der Waals surface area (Å²) in [7, 11) is 1.67. The van der Waals surface area contributed by atoms with Crippen LogP contribution in [0.4, 0.5) is 5.82 Å². The summed E-state index contributed by atoms with van der Waals surface area (Å²) in [6, 6.07) is 4.37. The molecule has 0 amide bonds. The molecule has 1 heterocycles. The number of aryl methyl sites for hydroxylation is 1. The third-order valence-corrected chi connectivity index (χ3v) is 2.59. The van der Waals surface area contributed by atoms with E-state index in [9.17, 15) is 10.2 Å². The van der Waals surface area contributed by atoms with Crippen LogP contribution < -0.4 is 5.73 Å². The molecule has 5 nitrogen and oxygen atoms in total. The van der Waals surface area contributed by atoms with Crippen LogP contribution in [0.25, 0.3) is 11.3 Å². The maximum atomic E-state index is 9.71. The molecular weight excluding hydrogens is 230 g/mol. The minimum atomic E-state index is -0.300. The van der Waals surface area contributed by atoms with Gasteiger partial charge in [0.15, 0.2) is 11.5 Å². The number of anilines is 1. The summed E-state index contributed by atoms with van der Waals surface area (Å²) in [4.78, 5) is 0. The lowest BCUT2D eigenvalue weighted by molar-refractivity contribution is 0.405. The van der Waals surface area contributed by atoms with Crippen molar-refractivity contribution in [2.75, 3.05) is 5.73 Å². The van der Waals surface area contributed by atoms with Crippen molar-refractivity contribution in [2.45, 2.75) is 0 Å². The van der Waals surface area contributed by atoms with E-state index in [0.29, 0.717) is 16.5 Å². The second kappa shape index (κ2) is 3.61. The number of benzene rings is 1. The van der Waals surface area contributed by atoms with Gasteiger partial charge in [0, 0.05) is 13.1 Å². The highest BCUT2D eigenvalue weighted by Gasteiger charge is 2.16. The fourth-order valence-corrected chi connectivity index (χ4v) is 1.65. The summed E-state index contributed by atoms with van der Waals surface area (Å²) >= 11 is 5.94. The number of rotatable bonds is 1. The Morgan fingerprint density at radius 2 is 2.06 bits per heavy atom. The molecule has 0 unspecified atom stereocenters. The van der Waals surface area contributed by atoms with Crippen LogP contribution >= 0.6 is 11.6 Å². The van der Waals surface area contributed by atoms with Gasteiger partial charge in [-0.15, -0.1) is 0 Å². The first-order valence-corrected chi connectivity index (χ1v) is 4.89. The fourth-order valence-electron chi connectivity index (χ4n) is 1.40. The van der Waals surface area contributed by atoms with Crippen molar-refractivity contribution in [3.05, 3.63) is 23.2 Å². The van der Waals surface area contributed by atoms with Crippen molar-refractivity contribution in [1.29, 1.82) is 0 Å². The lowest BCUT2D eigenvalue weighted by Crippen LogP contribution is -1.96. The Hall–Kier alpha value is -1.88. The molecule has 0 atom stereocenters. The lowest BCUT2D eigenvalue weighted by Gasteiger charge is -2.05. The average Bonchev–Trinajstić information content (AvgIpc) is 2.54. The Morgan fingerprint density at radius 3 is 2.62 bits per heavy atom. The summed E-state index contributed by atoms with van der Waals surface area (Å²) in [5.74, 6) is -0.108. The molecule has 0 aliphatic heterocycles. The van der Waals surface area contributed by atoms with E-state index in [2.05, 4.69) is 5.10 Å². The predicted octanol–water partition coefficient (Wildman–Crippen LogP) is 1.73. The molecule has 2 aromatic rings. The molecular formula is C10H10ClN3O2. The maximum absolute atomic E-state index is 9.71. The monoisotopic (exact) mass is 239 g/mol. The molecule has 0 saturated heterocycles. The fraction of sp³-hybridized carbons (Fsp3) is 0.100. The van der Waals surface area contributed by atoms with E-state index in [1.54, 1.807) is 13.1 Å². The number of aromatic hydroxyl groups is 2. The van der Waals surface area contributed by atoms with Crippen LogP contribution in [0, 0.1) is 0 Å². The van der Waals surface area contributed by atoms with Gasteiger partial charge in [-0.1, -0.05) is 11.6 Å². The van der Waals surface area contributed by atoms with Gasteiger partial charge in [-0.05, 0) is 12.1 Å². The summed E-state index contributed by atoms with van der Waals surface area (Å²) in [6.07, 6.45) is 0. The average molecular weight is 240 g/mol. The Labute approximate surface area is 96.7 Å². The molecule has 16 heavy (non-hydrogen) atoms. The summed E-state index contributed by atoms with van der Waals surface area (Å²) in [6.45, 7) is 0. The summed E-state index contributed by atoms with van der Waals surface area (Å²) in [5, 5.41) is 23.5. The molecule has 4 N–H and O–H groups in total. The quantitative estimate of drug-likeness (QED) is 0.662. The standard InChI is InChI=1S/C10H10ClN3O2/c1-14-8(12)4-6(13-14)9-5(11)2-3-7(15)10(9)16/h2-4,15-16H,12H2,1H3. The largest absolute Gasteiger partial charge is 0.504 e. The normalized spacial score (nSPS) is 10.6. The third-order valence-electron chi connectivity index (χ3n) is 2.28. The second-order valence-corrected chi connectivity index (χ2v) is 3.78. The van der Waals surface area contributed by atoms with Gasteiger partial charge in [-0.25, -0.2) is 0 Å². The zero-order chi connectivity index (χ0) is 11.9. The van der Waals surface area contributed by atoms with E-state index in [1.807, 2.05) is 0 Å². The number of phenols is 2. The highest BCUT2D eigenvalue weighted by Crippen LogP contribution is 2.41. The first-order chi connectivity index (χ1) is 7.50. The zero-order valence-corrected chi connectivity index (χ0v) is 9.23. The molecule has 2 rings (SSSR count). The minimum absolute atomic E-state index is 0.247. The number of nitrogens with zero attached hydrogens (tertiary/aromatic N) is 2. The number of aromatic nitrogens is 2. The molecule has 0 bridgehead atoms. The van der Waals surface area contributed by atoms with Crippen LogP contribution in [0.1, 0.15) is 0 Å². The van der Waals surface area contributed by atoms with E-state index >= 15 is 0 Å². The zero-order valence-electron chi connectivity index (χ0n) is 8.48. The first-order valence-electron chi connectivity index (χ1n) is 4.51. The SMILES string of the molecule is Cn1nc(-c2c(Cl)ccc(O)c2O)cc1N. The number of hydrogen-bond acceptors (Lipinski definition) is 4. The van der Waals surface area contributed by atoms with Crippen LogP contribution in [0.15, 0.2) is 18.2 Å². The van der Waals surface area contributed by atoms with E-state index in [4.69, 9.17) is 17.3 Å². The molecule has 0 fully saturated rings. The Morgan fingerprint density at radius 1 is 1.38 bits per heavy atom. The molecule has 0 saturated carbocycles. The summed E-state index contributed by atoms with van der Waals surface area (Å²) < 4.78 is 1.45. The van der Waals surface area contributed by atoms with Gasteiger partial charge in [0.1, 0.15) is 5.82 Å². The highest BCUT2D eigenvalue weighted by atomic mass is 35.5. The van der Waals surface area contributed by atoms with E-state index < -0.39 is 0 Å². The smallest absolute Gasteiger partial charge is 0.168 e. The molecule has 0 aliphatic rings. The molecule has 84 valence electrons. The van der Waals surface area contributed by atoms with E-state index in [0.717, 1.165) is 0 Å². The Bertz CT molecular complexity index is 532. The van der Waals surface area contributed by atoms with Gasteiger partial charge in [-0.2, -0.15) is 5.10 Å². The van der Waals surface area contributed by atoms with Crippen molar-refractivity contribution < 1.29 is 10.2 Å². The number of halogens is 1. The van der Waals surface area contributed by atoms with E-state index in [-0.39, 0.29) is 17.1 Å². The third kappa shape index (κ3) is 1.55. The number of hydrogen-bond donors (Lipinski definition) is 3. The van der Waals surface area contributed by atoms with Crippen LogP contribution in [0.5, 0.6) is 11.5 Å². The molecule has 1 aromatic heterocycles. The van der Waals surface area contributed by atoms with Crippen LogP contribution in [0.2, 0.25) is 5.02 Å². The van der Waals surface area contributed by atoms with E-state index in [1.165, 1.54) is 16.8 Å². The van der Waals surface area contributed by atoms with Crippen LogP contribution in [-0.4, -0.2) is 20.0 Å². The van der Waals surface area contributed by atoms with Crippen LogP contribution in [-0.2, 0) is 7.05 Å². The number of phenolic OH excluding ortho intramolecular Hbond substituents is 2. The summed E-state index contributed by atoms with van der Waals surface area (Å²) in [5.41, 5.74) is 6.32. The minimum Gasteiger partial charge on any atom is -0.504 e. The van der Waals surface area contributed by atoms with Gasteiger partial charge >= 0.3 is 0 Å². The Kier molecular flexibility index (Phi) is 2.40. The van der Waals surface area contributed by atoms with Crippen molar-refractivity contribution in [1.82, 2.24) is 9.78 Å². The van der Waals surface area contributed by atoms with Gasteiger partial charge in [0.25, 0.3) is 0 Å². The van der Waals surface area contributed by atoms with Crippen molar-refractivity contribution in [3.8, 4) is 22.8 Å². The first kappa shape index (κ1) is 10.6. The second-order valence-electron chi connectivity index (χ2n) is 3.37. The number of nitrogen functional groups attached to an aromatic ring is 1. The highest BCUT2D eigenvalue weighted by molar-refractivity contribution is 6.33. The van der Waals surface area contributed by atoms with Crippen molar-refractivity contribution in [3.63, 3.8) is 0 Å². The Balaban J connectivity index is 2.68. The van der Waals surface area contributed by atoms with Gasteiger partial charge < -0.3 is 15.9 Å². The van der Waals surface area contributed by atoms with Crippen LogP contribution in [0.3, 0.4) is 0 Å². The molecule has 1 aromatic carbocycles.